The van der Waals surface area contributed by atoms with E-state index in [4.69, 9.17) is 0 Å². The van der Waals surface area contributed by atoms with Crippen molar-refractivity contribution < 1.29 is 9.59 Å². The second kappa shape index (κ2) is 6.97. The molecule has 2 saturated heterocycles. The van der Waals surface area contributed by atoms with E-state index in [0.717, 1.165) is 43.9 Å². The Morgan fingerprint density at radius 3 is 2.74 bits per heavy atom. The zero-order chi connectivity index (χ0) is 16.4. The molecule has 0 saturated carbocycles. The minimum Gasteiger partial charge on any atom is -0.338 e. The average molecular weight is 336 g/mol. The van der Waals surface area contributed by atoms with Gasteiger partial charge in [-0.25, -0.2) is 4.98 Å². The van der Waals surface area contributed by atoms with Crippen LogP contribution in [0.15, 0.2) is 11.6 Å². The summed E-state index contributed by atoms with van der Waals surface area (Å²) < 4.78 is 0. The summed E-state index contributed by atoms with van der Waals surface area (Å²) in [6, 6.07) is 0.586. The number of hydrogen-bond donors (Lipinski definition) is 0. The summed E-state index contributed by atoms with van der Waals surface area (Å²) in [7, 11) is 1.78. The van der Waals surface area contributed by atoms with E-state index in [-0.39, 0.29) is 17.9 Å². The van der Waals surface area contributed by atoms with Gasteiger partial charge >= 0.3 is 0 Å². The smallest absolute Gasteiger partial charge is 0.242 e. The van der Waals surface area contributed by atoms with Crippen LogP contribution in [-0.2, 0) is 9.59 Å². The molecule has 0 aliphatic carbocycles. The minimum absolute atomic E-state index is 0.0687. The molecule has 2 amide bonds. The average Bonchev–Trinajstić information content (AvgIpc) is 3.26. The number of nitrogens with zero attached hydrogens (tertiary/aromatic N) is 4. The molecule has 23 heavy (non-hydrogen) atoms. The van der Waals surface area contributed by atoms with E-state index in [1.54, 1.807) is 25.1 Å². The SMILES string of the molecule is CC(=O)N1CCC[C@H]1[C@@H]1CCCN1CC(=O)N(C)c1nccs1. The first kappa shape index (κ1) is 16.4. The van der Waals surface area contributed by atoms with Gasteiger partial charge in [0.1, 0.15) is 0 Å². The molecule has 126 valence electrons. The van der Waals surface area contributed by atoms with Crippen molar-refractivity contribution in [2.24, 2.45) is 0 Å². The van der Waals surface area contributed by atoms with Crippen molar-refractivity contribution >= 4 is 28.3 Å². The summed E-state index contributed by atoms with van der Waals surface area (Å²) >= 11 is 1.47. The highest BCUT2D eigenvalue weighted by atomic mass is 32.1. The third-order valence-electron chi connectivity index (χ3n) is 4.98. The number of hydrogen-bond acceptors (Lipinski definition) is 5. The molecule has 3 heterocycles. The minimum atomic E-state index is 0.0687. The molecule has 2 aliphatic rings. The van der Waals surface area contributed by atoms with Crippen LogP contribution in [0.2, 0.25) is 0 Å². The number of likely N-dealkylation sites (tertiary alicyclic amines) is 2. The molecule has 3 rings (SSSR count). The molecule has 0 unspecified atom stereocenters. The first-order valence-electron chi connectivity index (χ1n) is 8.25. The van der Waals surface area contributed by atoms with Gasteiger partial charge < -0.3 is 4.90 Å². The molecule has 0 N–H and O–H groups in total. The van der Waals surface area contributed by atoms with Crippen molar-refractivity contribution in [3.63, 3.8) is 0 Å². The molecule has 0 radical (unpaired) electrons. The van der Waals surface area contributed by atoms with Crippen molar-refractivity contribution in [1.29, 1.82) is 0 Å². The molecule has 6 nitrogen and oxygen atoms in total. The third kappa shape index (κ3) is 3.40. The van der Waals surface area contributed by atoms with Gasteiger partial charge in [-0.2, -0.15) is 0 Å². The van der Waals surface area contributed by atoms with Gasteiger partial charge in [0.25, 0.3) is 0 Å². The number of carbonyl (C=O) groups is 2. The van der Waals surface area contributed by atoms with Crippen molar-refractivity contribution in [2.45, 2.75) is 44.7 Å². The molecule has 2 atom stereocenters. The number of rotatable bonds is 4. The topological polar surface area (TPSA) is 56.8 Å². The van der Waals surface area contributed by atoms with Crippen molar-refractivity contribution in [3.8, 4) is 0 Å². The highest BCUT2D eigenvalue weighted by Crippen LogP contribution is 2.30. The van der Waals surface area contributed by atoms with Gasteiger partial charge in [-0.3, -0.25) is 19.4 Å². The Bertz CT molecular complexity index is 562. The van der Waals surface area contributed by atoms with Crippen LogP contribution in [0.1, 0.15) is 32.6 Å². The fourth-order valence-corrected chi connectivity index (χ4v) is 4.46. The molecule has 7 heteroatoms. The van der Waals surface area contributed by atoms with Gasteiger partial charge in [-0.1, -0.05) is 0 Å². The number of thiazole rings is 1. The van der Waals surface area contributed by atoms with E-state index < -0.39 is 0 Å². The molecule has 0 bridgehead atoms. The molecule has 0 spiro atoms. The predicted molar refractivity (Wildman–Crippen MR) is 90.5 cm³/mol. The Kier molecular flexibility index (Phi) is 4.96. The van der Waals surface area contributed by atoms with Crippen LogP contribution in [0, 0.1) is 0 Å². The van der Waals surface area contributed by atoms with Gasteiger partial charge in [0, 0.05) is 44.2 Å². The molecule has 1 aromatic rings. The monoisotopic (exact) mass is 336 g/mol. The Balaban J connectivity index is 1.65. The summed E-state index contributed by atoms with van der Waals surface area (Å²) in [5.41, 5.74) is 0. The standard InChI is InChI=1S/C16H24N4O2S/c1-12(21)20-9-4-6-14(20)13-5-3-8-19(13)11-15(22)18(2)16-17-7-10-23-16/h7,10,13-14H,3-6,8-9,11H2,1-2H3/t13-,14-/m0/s1. The number of aromatic nitrogens is 1. The van der Waals surface area contributed by atoms with Crippen LogP contribution in [0.5, 0.6) is 0 Å². The second-order valence-electron chi connectivity index (χ2n) is 6.37. The maximum Gasteiger partial charge on any atom is 0.242 e. The highest BCUT2D eigenvalue weighted by molar-refractivity contribution is 7.13. The highest BCUT2D eigenvalue weighted by Gasteiger charge is 2.39. The van der Waals surface area contributed by atoms with Crippen LogP contribution < -0.4 is 4.90 Å². The Morgan fingerprint density at radius 2 is 2.04 bits per heavy atom. The van der Waals surface area contributed by atoms with E-state index in [0.29, 0.717) is 12.6 Å². The zero-order valence-corrected chi connectivity index (χ0v) is 14.6. The largest absolute Gasteiger partial charge is 0.338 e. The maximum absolute atomic E-state index is 12.5. The molecule has 1 aromatic heterocycles. The van der Waals surface area contributed by atoms with Gasteiger partial charge in [-0.05, 0) is 32.2 Å². The Morgan fingerprint density at radius 1 is 1.30 bits per heavy atom. The van der Waals surface area contributed by atoms with Crippen LogP contribution in [0.25, 0.3) is 0 Å². The van der Waals surface area contributed by atoms with Crippen molar-refractivity contribution in [3.05, 3.63) is 11.6 Å². The number of anilines is 1. The van der Waals surface area contributed by atoms with Gasteiger partial charge in [0.2, 0.25) is 11.8 Å². The molecular weight excluding hydrogens is 312 g/mol. The molecule has 2 aliphatic heterocycles. The lowest BCUT2D eigenvalue weighted by molar-refractivity contribution is -0.130. The predicted octanol–water partition coefficient (Wildman–Crippen LogP) is 1.58. The maximum atomic E-state index is 12.5. The fourth-order valence-electron chi connectivity index (χ4n) is 3.84. The quantitative estimate of drug-likeness (QED) is 0.838. The molecular formula is C16H24N4O2S. The normalized spacial score (nSPS) is 25.0. The van der Waals surface area contributed by atoms with Crippen molar-refractivity contribution in [1.82, 2.24) is 14.8 Å². The van der Waals surface area contributed by atoms with Crippen LogP contribution in [-0.4, -0.2) is 65.4 Å². The zero-order valence-electron chi connectivity index (χ0n) is 13.8. The summed E-state index contributed by atoms with van der Waals surface area (Å²) in [6.45, 7) is 3.85. The summed E-state index contributed by atoms with van der Waals surface area (Å²) in [6.07, 6.45) is 6.01. The third-order valence-corrected chi connectivity index (χ3v) is 5.83. The first-order chi connectivity index (χ1) is 11.1. The summed E-state index contributed by atoms with van der Waals surface area (Å²) in [4.78, 5) is 34.5. The number of amides is 2. The molecule has 0 aromatic carbocycles. The van der Waals surface area contributed by atoms with Gasteiger partial charge in [-0.15, -0.1) is 11.3 Å². The summed E-state index contributed by atoms with van der Waals surface area (Å²) in [5.74, 6) is 0.227. The van der Waals surface area contributed by atoms with E-state index in [2.05, 4.69) is 9.88 Å². The molecule has 2 fully saturated rings. The lowest BCUT2D eigenvalue weighted by atomic mass is 10.0. The number of carbonyl (C=O) groups excluding carboxylic acids is 2. The Hall–Kier alpha value is -1.47. The van der Waals surface area contributed by atoms with Crippen LogP contribution in [0.3, 0.4) is 0 Å². The van der Waals surface area contributed by atoms with E-state index >= 15 is 0 Å². The van der Waals surface area contributed by atoms with E-state index in [1.807, 2.05) is 10.3 Å². The second-order valence-corrected chi connectivity index (χ2v) is 7.24. The fraction of sp³-hybridized carbons (Fsp3) is 0.688. The first-order valence-corrected chi connectivity index (χ1v) is 9.13. The van der Waals surface area contributed by atoms with Gasteiger partial charge in [0.05, 0.1) is 6.54 Å². The van der Waals surface area contributed by atoms with Gasteiger partial charge in [0.15, 0.2) is 5.13 Å². The summed E-state index contributed by atoms with van der Waals surface area (Å²) in [5, 5.41) is 2.61. The van der Waals surface area contributed by atoms with E-state index in [1.165, 1.54) is 11.3 Å². The van der Waals surface area contributed by atoms with Crippen LogP contribution in [0.4, 0.5) is 5.13 Å². The van der Waals surface area contributed by atoms with E-state index in [9.17, 15) is 9.59 Å². The number of likely N-dealkylation sites (N-methyl/N-ethyl adjacent to an activating group) is 1. The Labute approximate surface area is 141 Å². The lowest BCUT2D eigenvalue weighted by Crippen LogP contribution is -2.50. The van der Waals surface area contributed by atoms with Crippen LogP contribution >= 0.6 is 11.3 Å². The lowest BCUT2D eigenvalue weighted by Gasteiger charge is -2.34. The van der Waals surface area contributed by atoms with Crippen molar-refractivity contribution in [2.75, 3.05) is 31.6 Å².